The van der Waals surface area contributed by atoms with Crippen molar-refractivity contribution >= 4 is 5.69 Å². The Morgan fingerprint density at radius 1 is 1.29 bits per heavy atom. The van der Waals surface area contributed by atoms with E-state index in [1.54, 1.807) is 13.2 Å². The largest absolute Gasteiger partial charge is 0.497 e. The smallest absolute Gasteiger partial charge is 0.125 e. The molecule has 2 N–H and O–H groups in total. The van der Waals surface area contributed by atoms with Crippen LogP contribution in [-0.2, 0) is 6.42 Å². The molecule has 0 fully saturated rings. The minimum atomic E-state index is -0.206. The number of ether oxygens (including phenoxy) is 1. The number of hydrogen-bond donors (Lipinski definition) is 1. The minimum absolute atomic E-state index is 0.0307. The molecule has 110 valence electrons. The highest BCUT2D eigenvalue weighted by atomic mass is 19.1. The number of halogens is 1. The number of hydrogen-bond acceptors (Lipinski definition) is 3. The number of benzene rings is 2. The van der Waals surface area contributed by atoms with Gasteiger partial charge in [-0.25, -0.2) is 4.39 Å². The van der Waals surface area contributed by atoms with E-state index < -0.39 is 0 Å². The van der Waals surface area contributed by atoms with Crippen molar-refractivity contribution in [1.29, 1.82) is 0 Å². The van der Waals surface area contributed by atoms with E-state index >= 15 is 0 Å². The summed E-state index contributed by atoms with van der Waals surface area (Å²) in [5.41, 5.74) is 9.22. The molecular formula is C17H19FN2O. The molecule has 3 nitrogen and oxygen atoms in total. The van der Waals surface area contributed by atoms with Crippen LogP contribution in [0.4, 0.5) is 10.1 Å². The van der Waals surface area contributed by atoms with E-state index in [9.17, 15) is 4.39 Å². The summed E-state index contributed by atoms with van der Waals surface area (Å²) < 4.78 is 18.8. The monoisotopic (exact) mass is 286 g/mol. The lowest BCUT2D eigenvalue weighted by Gasteiger charge is -2.30. The summed E-state index contributed by atoms with van der Waals surface area (Å²) in [7, 11) is 1.65. The zero-order valence-corrected chi connectivity index (χ0v) is 12.1. The molecule has 1 atom stereocenters. The van der Waals surface area contributed by atoms with E-state index in [0.717, 1.165) is 30.0 Å². The van der Waals surface area contributed by atoms with E-state index in [0.29, 0.717) is 6.54 Å². The Labute approximate surface area is 124 Å². The molecule has 0 spiro atoms. The van der Waals surface area contributed by atoms with Crippen LogP contribution in [0.3, 0.4) is 0 Å². The van der Waals surface area contributed by atoms with Crippen molar-refractivity contribution in [3.8, 4) is 5.75 Å². The SMILES string of the molecule is COc1cccc(C(CN)N2CCc3ccc(F)cc32)c1. The summed E-state index contributed by atoms with van der Waals surface area (Å²) in [6.07, 6.45) is 0.927. The topological polar surface area (TPSA) is 38.5 Å². The minimum Gasteiger partial charge on any atom is -0.497 e. The molecule has 0 aromatic heterocycles. The van der Waals surface area contributed by atoms with Gasteiger partial charge in [0, 0.05) is 18.8 Å². The summed E-state index contributed by atoms with van der Waals surface area (Å²) in [5, 5.41) is 0. The van der Waals surface area contributed by atoms with E-state index in [4.69, 9.17) is 10.5 Å². The lowest BCUT2D eigenvalue weighted by molar-refractivity contribution is 0.413. The maximum absolute atomic E-state index is 13.5. The number of nitrogens with zero attached hydrogens (tertiary/aromatic N) is 1. The van der Waals surface area contributed by atoms with Crippen LogP contribution < -0.4 is 15.4 Å². The van der Waals surface area contributed by atoms with Crippen molar-refractivity contribution in [2.75, 3.05) is 25.1 Å². The van der Waals surface area contributed by atoms with Crippen LogP contribution in [0.15, 0.2) is 42.5 Å². The zero-order valence-electron chi connectivity index (χ0n) is 12.1. The van der Waals surface area contributed by atoms with Crippen molar-refractivity contribution in [1.82, 2.24) is 0 Å². The van der Waals surface area contributed by atoms with E-state index in [1.165, 1.54) is 11.6 Å². The molecule has 0 bridgehead atoms. The molecule has 1 aliphatic rings. The average molecular weight is 286 g/mol. The highest BCUT2D eigenvalue weighted by Crippen LogP contribution is 2.35. The summed E-state index contributed by atoms with van der Waals surface area (Å²) in [5.74, 6) is 0.603. The molecule has 0 amide bonds. The number of rotatable bonds is 4. The molecule has 2 aromatic carbocycles. The van der Waals surface area contributed by atoms with Crippen LogP contribution in [-0.4, -0.2) is 20.2 Å². The summed E-state index contributed by atoms with van der Waals surface area (Å²) in [4.78, 5) is 2.19. The Morgan fingerprint density at radius 3 is 2.90 bits per heavy atom. The third-order valence-corrected chi connectivity index (χ3v) is 4.06. The standard InChI is InChI=1S/C17H19FN2O/c1-21-15-4-2-3-13(9-15)17(11-19)20-8-7-12-5-6-14(18)10-16(12)20/h2-6,9-10,17H,7-8,11,19H2,1H3. The molecule has 1 unspecified atom stereocenters. The molecule has 0 saturated carbocycles. The van der Waals surface area contributed by atoms with Crippen molar-refractivity contribution in [3.63, 3.8) is 0 Å². The Bertz CT molecular complexity index is 644. The van der Waals surface area contributed by atoms with Gasteiger partial charge < -0.3 is 15.4 Å². The van der Waals surface area contributed by atoms with Gasteiger partial charge in [-0.15, -0.1) is 0 Å². The van der Waals surface area contributed by atoms with E-state index in [-0.39, 0.29) is 11.9 Å². The molecule has 1 heterocycles. The van der Waals surface area contributed by atoms with Gasteiger partial charge in [0.2, 0.25) is 0 Å². The highest BCUT2D eigenvalue weighted by Gasteiger charge is 2.27. The summed E-state index contributed by atoms with van der Waals surface area (Å²) in [6, 6.07) is 12.9. The highest BCUT2D eigenvalue weighted by molar-refractivity contribution is 5.60. The van der Waals surface area contributed by atoms with Crippen molar-refractivity contribution < 1.29 is 9.13 Å². The van der Waals surface area contributed by atoms with Crippen LogP contribution in [0.25, 0.3) is 0 Å². The molecule has 0 saturated heterocycles. The second kappa shape index (κ2) is 5.74. The molecule has 0 aliphatic carbocycles. The third-order valence-electron chi connectivity index (χ3n) is 4.06. The van der Waals surface area contributed by atoms with Gasteiger partial charge in [0.1, 0.15) is 11.6 Å². The Kier molecular flexibility index (Phi) is 3.80. The maximum atomic E-state index is 13.5. The van der Waals surface area contributed by atoms with Gasteiger partial charge in [0.25, 0.3) is 0 Å². The van der Waals surface area contributed by atoms with Gasteiger partial charge in [-0.1, -0.05) is 18.2 Å². The zero-order chi connectivity index (χ0) is 14.8. The first kappa shape index (κ1) is 13.9. The molecule has 21 heavy (non-hydrogen) atoms. The van der Waals surface area contributed by atoms with Gasteiger partial charge in [0.15, 0.2) is 0 Å². The first-order valence-corrected chi connectivity index (χ1v) is 7.12. The van der Waals surface area contributed by atoms with Crippen LogP contribution in [0, 0.1) is 5.82 Å². The van der Waals surface area contributed by atoms with Crippen LogP contribution in [0.5, 0.6) is 5.75 Å². The number of anilines is 1. The molecule has 3 rings (SSSR count). The fraction of sp³-hybridized carbons (Fsp3) is 0.294. The molecule has 1 aliphatic heterocycles. The van der Waals surface area contributed by atoms with Crippen molar-refractivity contribution in [2.24, 2.45) is 5.73 Å². The van der Waals surface area contributed by atoms with Crippen molar-refractivity contribution in [3.05, 3.63) is 59.4 Å². The lowest BCUT2D eigenvalue weighted by Crippen LogP contribution is -2.32. The second-order valence-electron chi connectivity index (χ2n) is 5.24. The van der Waals surface area contributed by atoms with Gasteiger partial charge in [-0.2, -0.15) is 0 Å². The first-order valence-electron chi connectivity index (χ1n) is 7.12. The van der Waals surface area contributed by atoms with Crippen LogP contribution >= 0.6 is 0 Å². The van der Waals surface area contributed by atoms with Gasteiger partial charge in [-0.05, 0) is 41.8 Å². The van der Waals surface area contributed by atoms with Gasteiger partial charge >= 0.3 is 0 Å². The average Bonchev–Trinajstić information content (AvgIpc) is 2.91. The lowest BCUT2D eigenvalue weighted by atomic mass is 10.0. The van der Waals surface area contributed by atoms with E-state index in [2.05, 4.69) is 4.90 Å². The Balaban J connectivity index is 1.97. The number of methoxy groups -OCH3 is 1. The Morgan fingerprint density at radius 2 is 2.14 bits per heavy atom. The quantitative estimate of drug-likeness (QED) is 0.939. The van der Waals surface area contributed by atoms with Crippen LogP contribution in [0.2, 0.25) is 0 Å². The number of fused-ring (bicyclic) bond motifs is 1. The van der Waals surface area contributed by atoms with Crippen molar-refractivity contribution in [2.45, 2.75) is 12.5 Å². The predicted octanol–water partition coefficient (Wildman–Crippen LogP) is 2.90. The second-order valence-corrected chi connectivity index (χ2v) is 5.24. The number of nitrogens with two attached hydrogens (primary N) is 1. The van der Waals surface area contributed by atoms with Crippen LogP contribution in [0.1, 0.15) is 17.2 Å². The van der Waals surface area contributed by atoms with Gasteiger partial charge in [0.05, 0.1) is 13.2 Å². The molecular weight excluding hydrogens is 267 g/mol. The fourth-order valence-electron chi connectivity index (χ4n) is 2.99. The molecule has 2 aromatic rings. The Hall–Kier alpha value is -2.07. The normalized spacial score (nSPS) is 14.9. The third kappa shape index (κ3) is 2.59. The summed E-state index contributed by atoms with van der Waals surface area (Å²) >= 11 is 0. The molecule has 4 heteroatoms. The maximum Gasteiger partial charge on any atom is 0.125 e. The van der Waals surface area contributed by atoms with Gasteiger partial charge in [-0.3, -0.25) is 0 Å². The summed E-state index contributed by atoms with van der Waals surface area (Å²) in [6.45, 7) is 1.33. The predicted molar refractivity (Wildman–Crippen MR) is 82.2 cm³/mol. The first-order chi connectivity index (χ1) is 10.2. The fourth-order valence-corrected chi connectivity index (χ4v) is 2.99. The molecule has 0 radical (unpaired) electrons. The van der Waals surface area contributed by atoms with E-state index in [1.807, 2.05) is 30.3 Å².